The zero-order valence-corrected chi connectivity index (χ0v) is 13.6. The summed E-state index contributed by atoms with van der Waals surface area (Å²) < 4.78 is 0. The average Bonchev–Trinajstić information content (AvgIpc) is 2.67. The van der Waals surface area contributed by atoms with Crippen molar-refractivity contribution in [3.8, 4) is 0 Å². The number of nitrogens with zero attached hydrogens (tertiary/aromatic N) is 4. The molecule has 3 rings (SSSR count). The molecule has 0 atom stereocenters. The highest BCUT2D eigenvalue weighted by molar-refractivity contribution is 5.92. The first kappa shape index (κ1) is 16.0. The molecule has 1 saturated heterocycles. The minimum atomic E-state index is -0.0223. The van der Waals surface area contributed by atoms with Gasteiger partial charge in [-0.1, -0.05) is 12.1 Å². The van der Waals surface area contributed by atoms with Gasteiger partial charge in [-0.3, -0.25) is 4.79 Å². The van der Waals surface area contributed by atoms with Crippen LogP contribution >= 0.6 is 0 Å². The lowest BCUT2D eigenvalue weighted by atomic mass is 10.2. The van der Waals surface area contributed by atoms with E-state index in [9.17, 15) is 4.79 Å². The molecule has 2 aromatic heterocycles. The minimum absolute atomic E-state index is 0.0223. The van der Waals surface area contributed by atoms with E-state index in [0.717, 1.165) is 24.6 Å². The Morgan fingerprint density at radius 3 is 2.62 bits per heavy atom. The predicted octanol–water partition coefficient (Wildman–Crippen LogP) is 2.04. The van der Waals surface area contributed by atoms with Gasteiger partial charge in [-0.25, -0.2) is 9.97 Å². The van der Waals surface area contributed by atoms with Gasteiger partial charge in [0.2, 0.25) is 0 Å². The number of anilines is 2. The minimum Gasteiger partial charge on any atom is -0.380 e. The van der Waals surface area contributed by atoms with Crippen LogP contribution in [0.4, 0.5) is 11.5 Å². The molecule has 0 unspecified atom stereocenters. The fourth-order valence-electron chi connectivity index (χ4n) is 2.66. The van der Waals surface area contributed by atoms with Crippen LogP contribution in [0.3, 0.4) is 0 Å². The van der Waals surface area contributed by atoms with Crippen molar-refractivity contribution in [2.75, 3.05) is 42.9 Å². The maximum atomic E-state index is 12.6. The number of amides is 1. The van der Waals surface area contributed by atoms with Gasteiger partial charge in [-0.05, 0) is 24.3 Å². The van der Waals surface area contributed by atoms with Gasteiger partial charge in [0, 0.05) is 38.9 Å². The van der Waals surface area contributed by atoms with E-state index in [1.54, 1.807) is 24.5 Å². The highest BCUT2D eigenvalue weighted by Gasteiger charge is 2.23. The Morgan fingerprint density at radius 1 is 1.17 bits per heavy atom. The first-order chi connectivity index (χ1) is 11.8. The second-order valence-corrected chi connectivity index (χ2v) is 5.57. The van der Waals surface area contributed by atoms with E-state index in [1.165, 1.54) is 0 Å². The van der Waals surface area contributed by atoms with E-state index in [4.69, 9.17) is 0 Å². The summed E-state index contributed by atoms with van der Waals surface area (Å²) in [6.07, 6.45) is 5.25. The number of rotatable bonds is 5. The third-order valence-electron chi connectivity index (χ3n) is 3.97. The van der Waals surface area contributed by atoms with Crippen LogP contribution in [0.2, 0.25) is 0 Å². The maximum Gasteiger partial charge on any atom is 0.272 e. The molecule has 0 aliphatic carbocycles. The lowest BCUT2D eigenvalue weighted by Gasteiger charge is -2.35. The highest BCUT2D eigenvalue weighted by Crippen LogP contribution is 2.14. The first-order valence-electron chi connectivity index (χ1n) is 8.04. The molecule has 24 heavy (non-hydrogen) atoms. The van der Waals surface area contributed by atoms with Crippen molar-refractivity contribution < 1.29 is 4.79 Å². The topological polar surface area (TPSA) is 61.4 Å². The summed E-state index contributed by atoms with van der Waals surface area (Å²) in [6.45, 7) is 7.24. The number of hydrogen-bond acceptors (Lipinski definition) is 5. The summed E-state index contributed by atoms with van der Waals surface area (Å²) in [5.41, 5.74) is 1.36. The van der Waals surface area contributed by atoms with Crippen molar-refractivity contribution in [3.63, 3.8) is 0 Å². The molecule has 6 nitrogen and oxygen atoms in total. The number of hydrogen-bond donors (Lipinski definition) is 1. The second-order valence-electron chi connectivity index (χ2n) is 5.57. The summed E-state index contributed by atoms with van der Waals surface area (Å²) in [7, 11) is 0. The van der Waals surface area contributed by atoms with Crippen molar-refractivity contribution in [2.45, 2.75) is 0 Å². The molecule has 1 aliphatic heterocycles. The average molecular weight is 323 g/mol. The van der Waals surface area contributed by atoms with Crippen molar-refractivity contribution >= 4 is 17.4 Å². The summed E-state index contributed by atoms with van der Waals surface area (Å²) in [4.78, 5) is 25.2. The monoisotopic (exact) mass is 323 g/mol. The normalized spacial score (nSPS) is 14.3. The standard InChI is InChI=1S/C18H21N5O/c1-2-8-19-15-6-7-16(21-14-15)18(24)23-12-10-22(11-13-23)17-5-3-4-9-20-17/h2-7,9,14,19H,1,8,10-13H2. The third-order valence-corrected chi connectivity index (χ3v) is 3.97. The molecule has 1 fully saturated rings. The van der Waals surface area contributed by atoms with E-state index < -0.39 is 0 Å². The number of carbonyl (C=O) groups excluding carboxylic acids is 1. The van der Waals surface area contributed by atoms with Gasteiger partial charge in [0.15, 0.2) is 0 Å². The van der Waals surface area contributed by atoms with Crippen molar-refractivity contribution in [1.82, 2.24) is 14.9 Å². The molecule has 6 heteroatoms. The molecular weight excluding hydrogens is 302 g/mol. The second kappa shape index (κ2) is 7.59. The van der Waals surface area contributed by atoms with Gasteiger partial charge in [0.25, 0.3) is 5.91 Å². The highest BCUT2D eigenvalue weighted by atomic mass is 16.2. The smallest absolute Gasteiger partial charge is 0.272 e. The molecule has 1 aliphatic rings. The fourth-order valence-corrected chi connectivity index (χ4v) is 2.66. The Morgan fingerprint density at radius 2 is 2.00 bits per heavy atom. The Kier molecular flexibility index (Phi) is 5.05. The molecule has 0 radical (unpaired) electrons. The zero-order valence-electron chi connectivity index (χ0n) is 13.6. The number of pyridine rings is 2. The van der Waals surface area contributed by atoms with Crippen LogP contribution in [0.5, 0.6) is 0 Å². The van der Waals surface area contributed by atoms with E-state index in [1.807, 2.05) is 29.2 Å². The molecule has 124 valence electrons. The molecule has 0 aromatic carbocycles. The number of aromatic nitrogens is 2. The maximum absolute atomic E-state index is 12.6. The van der Waals surface area contributed by atoms with Crippen LogP contribution in [0.1, 0.15) is 10.5 Å². The molecule has 3 heterocycles. The molecule has 1 N–H and O–H groups in total. The molecule has 2 aromatic rings. The van der Waals surface area contributed by atoms with Gasteiger partial charge >= 0.3 is 0 Å². The first-order valence-corrected chi connectivity index (χ1v) is 8.04. The predicted molar refractivity (Wildman–Crippen MR) is 95.3 cm³/mol. The molecule has 0 bridgehead atoms. The van der Waals surface area contributed by atoms with Crippen LogP contribution < -0.4 is 10.2 Å². The van der Waals surface area contributed by atoms with Gasteiger partial charge in [0.05, 0.1) is 11.9 Å². The fraction of sp³-hybridized carbons (Fsp3) is 0.278. The van der Waals surface area contributed by atoms with E-state index in [0.29, 0.717) is 25.3 Å². The Hall–Kier alpha value is -2.89. The van der Waals surface area contributed by atoms with Crippen LogP contribution in [-0.2, 0) is 0 Å². The molecular formula is C18H21N5O. The summed E-state index contributed by atoms with van der Waals surface area (Å²) in [5, 5.41) is 3.14. The van der Waals surface area contributed by atoms with E-state index in [-0.39, 0.29) is 5.91 Å². The van der Waals surface area contributed by atoms with Crippen molar-refractivity contribution in [3.05, 3.63) is 61.1 Å². The number of nitrogens with one attached hydrogen (secondary N) is 1. The summed E-state index contributed by atoms with van der Waals surface area (Å²) >= 11 is 0. The van der Waals surface area contributed by atoms with E-state index >= 15 is 0 Å². The van der Waals surface area contributed by atoms with Crippen molar-refractivity contribution in [2.24, 2.45) is 0 Å². The van der Waals surface area contributed by atoms with Gasteiger partial charge in [0.1, 0.15) is 11.5 Å². The van der Waals surface area contributed by atoms with Gasteiger partial charge < -0.3 is 15.1 Å². The van der Waals surface area contributed by atoms with Crippen LogP contribution in [0.15, 0.2) is 55.4 Å². The Bertz CT molecular complexity index is 678. The van der Waals surface area contributed by atoms with Crippen molar-refractivity contribution in [1.29, 1.82) is 0 Å². The van der Waals surface area contributed by atoms with Gasteiger partial charge in [-0.15, -0.1) is 6.58 Å². The largest absolute Gasteiger partial charge is 0.380 e. The third kappa shape index (κ3) is 3.71. The van der Waals surface area contributed by atoms with Crippen LogP contribution in [0.25, 0.3) is 0 Å². The molecule has 0 spiro atoms. The molecule has 0 saturated carbocycles. The quantitative estimate of drug-likeness (QED) is 0.853. The Labute approximate surface area is 141 Å². The molecule has 1 amide bonds. The lowest BCUT2D eigenvalue weighted by molar-refractivity contribution is 0.0740. The van der Waals surface area contributed by atoms with Gasteiger partial charge in [-0.2, -0.15) is 0 Å². The van der Waals surface area contributed by atoms with Crippen LogP contribution in [-0.4, -0.2) is 53.5 Å². The number of carbonyl (C=O) groups is 1. The van der Waals surface area contributed by atoms with E-state index in [2.05, 4.69) is 26.8 Å². The Balaban J connectivity index is 1.58. The SMILES string of the molecule is C=CCNc1ccc(C(=O)N2CCN(c3ccccn3)CC2)nc1. The lowest BCUT2D eigenvalue weighted by Crippen LogP contribution is -2.49. The number of piperazine rings is 1. The summed E-state index contributed by atoms with van der Waals surface area (Å²) in [6, 6.07) is 9.51. The summed E-state index contributed by atoms with van der Waals surface area (Å²) in [5.74, 6) is 0.936. The zero-order chi connectivity index (χ0) is 16.8. The van der Waals surface area contributed by atoms with Crippen LogP contribution in [0, 0.1) is 0 Å².